The average Bonchev–Trinajstić information content (AvgIpc) is 2.40. The SMILES string of the molecule is C=C(N)/C=C(/CCCN(CC(=O)OC(C)(C)C)C(=O)OC(C)(C)C)C(=C)N. The molecule has 0 aromatic heterocycles. The van der Waals surface area contributed by atoms with Gasteiger partial charge in [0, 0.05) is 17.9 Å². The number of amides is 1. The fourth-order valence-corrected chi connectivity index (χ4v) is 2.10. The van der Waals surface area contributed by atoms with Gasteiger partial charge in [-0.1, -0.05) is 13.2 Å². The summed E-state index contributed by atoms with van der Waals surface area (Å²) in [5.74, 6) is -0.498. The van der Waals surface area contributed by atoms with Crippen LogP contribution in [-0.2, 0) is 14.3 Å². The molecule has 0 atom stereocenters. The molecule has 0 aromatic rings. The van der Waals surface area contributed by atoms with Gasteiger partial charge in [-0.25, -0.2) is 4.79 Å². The van der Waals surface area contributed by atoms with E-state index in [0.29, 0.717) is 24.2 Å². The molecule has 0 saturated carbocycles. The average molecular weight is 382 g/mol. The maximum Gasteiger partial charge on any atom is 0.410 e. The Balaban J connectivity index is 5.08. The summed E-state index contributed by atoms with van der Waals surface area (Å²) in [6.45, 7) is 18.0. The van der Waals surface area contributed by atoms with Crippen LogP contribution < -0.4 is 11.5 Å². The normalized spacial score (nSPS) is 12.3. The Morgan fingerprint density at radius 3 is 1.93 bits per heavy atom. The molecule has 0 spiro atoms. The van der Waals surface area contributed by atoms with Crippen LogP contribution in [0.4, 0.5) is 4.79 Å². The van der Waals surface area contributed by atoms with Gasteiger partial charge in [-0.05, 0) is 66.0 Å². The lowest BCUT2D eigenvalue weighted by Gasteiger charge is -2.28. The van der Waals surface area contributed by atoms with Crippen molar-refractivity contribution < 1.29 is 19.1 Å². The number of nitrogens with zero attached hydrogens (tertiary/aromatic N) is 1. The monoisotopic (exact) mass is 381 g/mol. The van der Waals surface area contributed by atoms with E-state index in [4.69, 9.17) is 20.9 Å². The van der Waals surface area contributed by atoms with Crippen molar-refractivity contribution in [2.24, 2.45) is 11.5 Å². The fourth-order valence-electron chi connectivity index (χ4n) is 2.10. The summed E-state index contributed by atoms with van der Waals surface area (Å²) in [7, 11) is 0. The molecule has 4 N–H and O–H groups in total. The van der Waals surface area contributed by atoms with E-state index >= 15 is 0 Å². The van der Waals surface area contributed by atoms with Crippen molar-refractivity contribution in [2.75, 3.05) is 13.1 Å². The lowest BCUT2D eigenvalue weighted by Crippen LogP contribution is -2.42. The van der Waals surface area contributed by atoms with Crippen LogP contribution in [0.3, 0.4) is 0 Å². The molecule has 154 valence electrons. The molecule has 0 fully saturated rings. The van der Waals surface area contributed by atoms with E-state index in [1.54, 1.807) is 47.6 Å². The second kappa shape index (κ2) is 10.0. The van der Waals surface area contributed by atoms with Gasteiger partial charge in [0.1, 0.15) is 17.7 Å². The van der Waals surface area contributed by atoms with Gasteiger partial charge in [0.05, 0.1) is 0 Å². The van der Waals surface area contributed by atoms with Crippen LogP contribution in [-0.4, -0.2) is 41.3 Å². The topological polar surface area (TPSA) is 108 Å². The zero-order valence-electron chi connectivity index (χ0n) is 17.6. The third-order valence-electron chi connectivity index (χ3n) is 3.04. The summed E-state index contributed by atoms with van der Waals surface area (Å²) >= 11 is 0. The van der Waals surface area contributed by atoms with Crippen molar-refractivity contribution in [3.8, 4) is 0 Å². The zero-order valence-corrected chi connectivity index (χ0v) is 17.6. The molecule has 0 unspecified atom stereocenters. The van der Waals surface area contributed by atoms with E-state index in [0.717, 1.165) is 5.57 Å². The van der Waals surface area contributed by atoms with Crippen LogP contribution >= 0.6 is 0 Å². The highest BCUT2D eigenvalue weighted by Crippen LogP contribution is 2.15. The van der Waals surface area contributed by atoms with Gasteiger partial charge in [-0.3, -0.25) is 9.69 Å². The Morgan fingerprint density at radius 1 is 1.00 bits per heavy atom. The van der Waals surface area contributed by atoms with Crippen molar-refractivity contribution in [3.05, 3.63) is 36.2 Å². The third-order valence-corrected chi connectivity index (χ3v) is 3.04. The van der Waals surface area contributed by atoms with E-state index in [1.165, 1.54) is 4.90 Å². The standard InChI is InChI=1S/C20H35N3O4/c1-14(21)12-16(15(2)22)10-9-11-23(18(25)27-20(6,7)8)13-17(24)26-19(3,4)5/h12H,1-2,9-11,13,21-22H2,3-8H3/b16-12-. The second-order valence-electron chi connectivity index (χ2n) is 8.36. The second-order valence-corrected chi connectivity index (χ2v) is 8.36. The molecule has 0 heterocycles. The highest BCUT2D eigenvalue weighted by molar-refractivity contribution is 5.78. The van der Waals surface area contributed by atoms with Crippen molar-refractivity contribution in [1.29, 1.82) is 0 Å². The van der Waals surface area contributed by atoms with E-state index < -0.39 is 23.3 Å². The van der Waals surface area contributed by atoms with Crippen LogP contribution in [0.25, 0.3) is 0 Å². The van der Waals surface area contributed by atoms with Crippen molar-refractivity contribution in [1.82, 2.24) is 4.90 Å². The van der Waals surface area contributed by atoms with Gasteiger partial charge >= 0.3 is 12.1 Å². The third kappa shape index (κ3) is 12.5. The summed E-state index contributed by atoms with van der Waals surface area (Å²) < 4.78 is 10.7. The van der Waals surface area contributed by atoms with Gasteiger partial charge in [0.25, 0.3) is 0 Å². The number of esters is 1. The minimum Gasteiger partial charge on any atom is -0.459 e. The molecule has 0 radical (unpaired) electrons. The largest absolute Gasteiger partial charge is 0.459 e. The van der Waals surface area contributed by atoms with Crippen molar-refractivity contribution in [2.45, 2.75) is 65.6 Å². The molecule has 7 nitrogen and oxygen atoms in total. The lowest BCUT2D eigenvalue weighted by atomic mass is 10.1. The van der Waals surface area contributed by atoms with Crippen LogP contribution in [0.15, 0.2) is 36.2 Å². The van der Waals surface area contributed by atoms with Crippen molar-refractivity contribution >= 4 is 12.1 Å². The molecular formula is C20H35N3O4. The quantitative estimate of drug-likeness (QED) is 0.494. The first kappa shape index (κ1) is 24.6. The molecule has 0 aliphatic carbocycles. The predicted octanol–water partition coefficient (Wildman–Crippen LogP) is 3.22. The summed E-state index contributed by atoms with van der Waals surface area (Å²) in [4.78, 5) is 25.9. The smallest absolute Gasteiger partial charge is 0.410 e. The molecule has 0 aromatic carbocycles. The Hall–Kier alpha value is -2.44. The van der Waals surface area contributed by atoms with Gasteiger partial charge in [0.15, 0.2) is 0 Å². The molecule has 0 rings (SSSR count). The van der Waals surface area contributed by atoms with Gasteiger partial charge in [-0.2, -0.15) is 0 Å². The summed E-state index contributed by atoms with van der Waals surface area (Å²) in [5.41, 5.74) is 11.5. The molecule has 0 saturated heterocycles. The van der Waals surface area contributed by atoms with E-state index in [2.05, 4.69) is 13.2 Å². The fraction of sp³-hybridized carbons (Fsp3) is 0.600. The van der Waals surface area contributed by atoms with Crippen molar-refractivity contribution in [3.63, 3.8) is 0 Å². The molecule has 27 heavy (non-hydrogen) atoms. The molecule has 0 aliphatic rings. The lowest BCUT2D eigenvalue weighted by molar-refractivity contribution is -0.156. The van der Waals surface area contributed by atoms with Crippen LogP contribution in [0.1, 0.15) is 54.4 Å². The van der Waals surface area contributed by atoms with E-state index in [-0.39, 0.29) is 13.1 Å². The van der Waals surface area contributed by atoms with Gasteiger partial charge in [0.2, 0.25) is 0 Å². The first-order valence-corrected chi connectivity index (χ1v) is 8.90. The first-order chi connectivity index (χ1) is 12.1. The summed E-state index contributed by atoms with van der Waals surface area (Å²) in [6, 6.07) is 0. The van der Waals surface area contributed by atoms with E-state index in [1.807, 2.05) is 0 Å². The molecule has 0 bridgehead atoms. The molecule has 0 aliphatic heterocycles. The first-order valence-electron chi connectivity index (χ1n) is 8.90. The number of rotatable bonds is 8. The Morgan fingerprint density at radius 2 is 1.52 bits per heavy atom. The number of carbonyl (C=O) groups is 2. The molecule has 1 amide bonds. The number of ether oxygens (including phenoxy) is 2. The molecular weight excluding hydrogens is 346 g/mol. The predicted molar refractivity (Wildman–Crippen MR) is 108 cm³/mol. The summed E-state index contributed by atoms with van der Waals surface area (Å²) in [6.07, 6.45) is 2.14. The van der Waals surface area contributed by atoms with E-state index in [9.17, 15) is 9.59 Å². The Labute approximate surface area is 163 Å². The Bertz CT molecular complexity index is 595. The number of hydrogen-bond donors (Lipinski definition) is 2. The number of hydrogen-bond acceptors (Lipinski definition) is 6. The van der Waals surface area contributed by atoms with Gasteiger partial charge < -0.3 is 20.9 Å². The number of allylic oxidation sites excluding steroid dienone is 2. The summed E-state index contributed by atoms with van der Waals surface area (Å²) in [5, 5.41) is 0. The van der Waals surface area contributed by atoms with Crippen LogP contribution in [0.5, 0.6) is 0 Å². The minimum absolute atomic E-state index is 0.196. The van der Waals surface area contributed by atoms with Crippen LogP contribution in [0.2, 0.25) is 0 Å². The Kier molecular flexibility index (Phi) is 9.13. The maximum atomic E-state index is 12.5. The van der Waals surface area contributed by atoms with Crippen LogP contribution in [0, 0.1) is 0 Å². The number of nitrogens with two attached hydrogens (primary N) is 2. The number of carbonyl (C=O) groups excluding carboxylic acids is 2. The minimum atomic E-state index is -0.669. The molecule has 7 heteroatoms. The maximum absolute atomic E-state index is 12.5. The highest BCUT2D eigenvalue weighted by atomic mass is 16.6. The zero-order chi connectivity index (χ0) is 21.4. The van der Waals surface area contributed by atoms with Gasteiger partial charge in [-0.15, -0.1) is 0 Å². The highest BCUT2D eigenvalue weighted by Gasteiger charge is 2.26.